The Labute approximate surface area is 184 Å². The van der Waals surface area contributed by atoms with Crippen molar-refractivity contribution in [2.24, 2.45) is 11.8 Å². The number of likely N-dealkylation sites (N-methyl/N-ethyl adjacent to an activating group) is 1. The largest absolute Gasteiger partial charge is 0.417 e. The highest BCUT2D eigenvalue weighted by molar-refractivity contribution is 5.99. The lowest BCUT2D eigenvalue weighted by Gasteiger charge is -2.32. The molecular weight excluding hydrogens is 421 g/mol. The molecule has 1 amide bonds. The molecule has 0 N–H and O–H groups in total. The van der Waals surface area contributed by atoms with Crippen LogP contribution in [0.2, 0.25) is 0 Å². The molecule has 6 nitrogen and oxygen atoms in total. The van der Waals surface area contributed by atoms with Crippen molar-refractivity contribution in [1.82, 2.24) is 4.98 Å². The number of anilines is 2. The first-order valence-corrected chi connectivity index (χ1v) is 10.3. The molecule has 0 radical (unpaired) electrons. The van der Waals surface area contributed by atoms with Crippen LogP contribution in [-0.4, -0.2) is 43.7 Å². The van der Waals surface area contributed by atoms with Gasteiger partial charge >= 0.3 is 6.18 Å². The van der Waals surface area contributed by atoms with Crippen LogP contribution in [0.5, 0.6) is 0 Å². The van der Waals surface area contributed by atoms with Gasteiger partial charge in [0.1, 0.15) is 23.5 Å². The highest BCUT2D eigenvalue weighted by Gasteiger charge is 2.51. The summed E-state index contributed by atoms with van der Waals surface area (Å²) < 4.78 is 46.6. The summed E-state index contributed by atoms with van der Waals surface area (Å²) in [6.07, 6.45) is -4.70. The topological polar surface area (TPSA) is 69.5 Å². The molecule has 9 heteroatoms. The van der Waals surface area contributed by atoms with Gasteiger partial charge in [-0.15, -0.1) is 0 Å². The zero-order valence-electron chi connectivity index (χ0n) is 18.0. The van der Waals surface area contributed by atoms with Gasteiger partial charge in [-0.1, -0.05) is 12.1 Å². The zero-order chi connectivity index (χ0) is 23.2. The predicted octanol–water partition coefficient (Wildman–Crippen LogP) is 3.70. The van der Waals surface area contributed by atoms with E-state index in [0.717, 1.165) is 11.6 Å². The second-order valence-electron chi connectivity index (χ2n) is 8.41. The number of nitriles is 1. The molecule has 0 bridgehead atoms. The smallest absolute Gasteiger partial charge is 0.381 e. The monoisotopic (exact) mass is 444 g/mol. The molecule has 3 unspecified atom stereocenters. The third-order valence-electron chi connectivity index (χ3n) is 6.21. The maximum atomic E-state index is 13.7. The lowest BCUT2D eigenvalue weighted by atomic mass is 9.93. The van der Waals surface area contributed by atoms with E-state index in [1.54, 1.807) is 24.1 Å². The molecule has 1 aromatic carbocycles. The number of aromatic nitrogens is 1. The summed E-state index contributed by atoms with van der Waals surface area (Å²) in [6, 6.07) is 9.21. The second-order valence-corrected chi connectivity index (χ2v) is 8.41. The number of nitrogens with zero attached hydrogens (tertiary/aromatic N) is 4. The number of hydrogen-bond donors (Lipinski definition) is 0. The summed E-state index contributed by atoms with van der Waals surface area (Å²) in [4.78, 5) is 21.0. The van der Waals surface area contributed by atoms with E-state index >= 15 is 0 Å². The fourth-order valence-electron chi connectivity index (χ4n) is 4.64. The van der Waals surface area contributed by atoms with Gasteiger partial charge in [0, 0.05) is 36.8 Å². The van der Waals surface area contributed by atoms with Gasteiger partial charge in [0.2, 0.25) is 5.91 Å². The predicted molar refractivity (Wildman–Crippen MR) is 112 cm³/mol. The number of halogens is 3. The van der Waals surface area contributed by atoms with Crippen molar-refractivity contribution >= 4 is 17.4 Å². The van der Waals surface area contributed by atoms with Gasteiger partial charge in [-0.05, 0) is 37.6 Å². The van der Waals surface area contributed by atoms with Crippen LogP contribution in [-0.2, 0) is 15.7 Å². The minimum atomic E-state index is -4.70. The van der Waals surface area contributed by atoms with Gasteiger partial charge in [-0.25, -0.2) is 4.98 Å². The Balaban J connectivity index is 1.80. The van der Waals surface area contributed by atoms with E-state index in [0.29, 0.717) is 25.4 Å². The van der Waals surface area contributed by atoms with Crippen molar-refractivity contribution in [3.63, 3.8) is 0 Å². The zero-order valence-corrected chi connectivity index (χ0v) is 18.0. The number of alkyl halides is 3. The molecular formula is C23H23F3N4O2. The first-order chi connectivity index (χ1) is 15.1. The SMILES string of the molecule is Cc1cccc(N(C)C(=O)C2C3COCC3CN2c2nc(C)cc(C(F)(F)F)c2C#N)c1. The number of fused-ring (bicyclic) bond motifs is 1. The molecule has 2 fully saturated rings. The van der Waals surface area contributed by atoms with Crippen LogP contribution < -0.4 is 9.80 Å². The lowest BCUT2D eigenvalue weighted by Crippen LogP contribution is -2.48. The molecule has 0 spiro atoms. The lowest BCUT2D eigenvalue weighted by molar-refractivity contribution is -0.137. The summed E-state index contributed by atoms with van der Waals surface area (Å²) in [7, 11) is 1.65. The number of rotatable bonds is 3. The average Bonchev–Trinajstić information content (AvgIpc) is 3.32. The number of hydrogen-bond acceptors (Lipinski definition) is 5. The number of aryl methyl sites for hydroxylation is 2. The van der Waals surface area contributed by atoms with Crippen molar-refractivity contribution < 1.29 is 22.7 Å². The number of ether oxygens (including phenoxy) is 1. The van der Waals surface area contributed by atoms with Gasteiger partial charge in [0.05, 0.1) is 18.8 Å². The number of pyridine rings is 1. The fraction of sp³-hybridized carbons (Fsp3) is 0.435. The van der Waals surface area contributed by atoms with E-state index in [-0.39, 0.29) is 29.3 Å². The summed E-state index contributed by atoms with van der Waals surface area (Å²) in [5.41, 5.74) is 0.215. The highest BCUT2D eigenvalue weighted by Crippen LogP contribution is 2.42. The Morgan fingerprint density at radius 2 is 2.03 bits per heavy atom. The van der Waals surface area contributed by atoms with Gasteiger partial charge < -0.3 is 14.5 Å². The summed E-state index contributed by atoms with van der Waals surface area (Å²) >= 11 is 0. The molecule has 2 aliphatic heterocycles. The van der Waals surface area contributed by atoms with Crippen LogP contribution in [0.3, 0.4) is 0 Å². The van der Waals surface area contributed by atoms with Gasteiger partial charge in [-0.3, -0.25) is 4.79 Å². The first-order valence-electron chi connectivity index (χ1n) is 10.3. The molecule has 3 heterocycles. The second kappa shape index (κ2) is 8.10. The van der Waals surface area contributed by atoms with Gasteiger partial charge in [-0.2, -0.15) is 18.4 Å². The molecule has 1 aromatic heterocycles. The Kier molecular flexibility index (Phi) is 5.59. The molecule has 32 heavy (non-hydrogen) atoms. The minimum Gasteiger partial charge on any atom is -0.381 e. The molecule has 2 aliphatic rings. The summed E-state index contributed by atoms with van der Waals surface area (Å²) in [5.74, 6) is -0.587. The number of benzene rings is 1. The molecule has 2 saturated heterocycles. The normalized spacial score (nSPS) is 22.5. The van der Waals surface area contributed by atoms with Crippen LogP contribution in [0.25, 0.3) is 0 Å². The van der Waals surface area contributed by atoms with Crippen LogP contribution >= 0.6 is 0 Å². The summed E-state index contributed by atoms with van der Waals surface area (Å²) in [5, 5.41) is 9.62. The Morgan fingerprint density at radius 1 is 1.28 bits per heavy atom. The van der Waals surface area contributed by atoms with E-state index in [4.69, 9.17) is 4.74 Å². The fourth-order valence-corrected chi connectivity index (χ4v) is 4.64. The average molecular weight is 444 g/mol. The molecule has 2 aromatic rings. The number of carbonyl (C=O) groups excluding carboxylic acids is 1. The molecule has 4 rings (SSSR count). The molecule has 0 saturated carbocycles. The van der Waals surface area contributed by atoms with Gasteiger partial charge in [0.15, 0.2) is 0 Å². The Hall–Kier alpha value is -3.12. The third-order valence-corrected chi connectivity index (χ3v) is 6.21. The molecule has 168 valence electrons. The number of amides is 1. The molecule has 0 aliphatic carbocycles. The van der Waals surface area contributed by atoms with Crippen LogP contribution in [0.15, 0.2) is 30.3 Å². The van der Waals surface area contributed by atoms with E-state index in [2.05, 4.69) is 4.98 Å². The van der Waals surface area contributed by atoms with Crippen molar-refractivity contribution in [2.75, 3.05) is 36.6 Å². The van der Waals surface area contributed by atoms with Crippen molar-refractivity contribution in [3.8, 4) is 6.07 Å². The summed E-state index contributed by atoms with van der Waals surface area (Å²) in [6.45, 7) is 4.41. The van der Waals surface area contributed by atoms with Crippen molar-refractivity contribution in [1.29, 1.82) is 5.26 Å². The Bertz CT molecular complexity index is 1100. The maximum Gasteiger partial charge on any atom is 0.417 e. The van der Waals surface area contributed by atoms with Crippen LogP contribution in [0, 0.1) is 37.0 Å². The third kappa shape index (κ3) is 3.79. The van der Waals surface area contributed by atoms with E-state index in [1.165, 1.54) is 11.8 Å². The van der Waals surface area contributed by atoms with Crippen LogP contribution in [0.1, 0.15) is 22.4 Å². The van der Waals surface area contributed by atoms with Gasteiger partial charge in [0.25, 0.3) is 0 Å². The van der Waals surface area contributed by atoms with Crippen molar-refractivity contribution in [3.05, 3.63) is 52.7 Å². The quantitative estimate of drug-likeness (QED) is 0.722. The Morgan fingerprint density at radius 3 is 2.69 bits per heavy atom. The minimum absolute atomic E-state index is 0.0296. The van der Waals surface area contributed by atoms with Crippen LogP contribution in [0.4, 0.5) is 24.7 Å². The maximum absolute atomic E-state index is 13.7. The first kappa shape index (κ1) is 22.1. The van der Waals surface area contributed by atoms with E-state index in [1.807, 2.05) is 25.1 Å². The molecule has 3 atom stereocenters. The highest BCUT2D eigenvalue weighted by atomic mass is 19.4. The number of carbonyl (C=O) groups is 1. The van der Waals surface area contributed by atoms with E-state index < -0.39 is 23.3 Å². The standard InChI is InChI=1S/C23H23F3N4O2/c1-13-5-4-6-16(7-13)29(3)22(31)20-18-12-32-11-15(18)10-30(20)21-17(9-27)19(23(24,25)26)8-14(2)28-21/h4-8,15,18,20H,10-12H2,1-3H3. The van der Waals surface area contributed by atoms with Crippen molar-refractivity contribution in [2.45, 2.75) is 26.1 Å². The van der Waals surface area contributed by atoms with E-state index in [9.17, 15) is 23.2 Å².